The van der Waals surface area contributed by atoms with Gasteiger partial charge in [0.05, 0.1) is 26.4 Å². The summed E-state index contributed by atoms with van der Waals surface area (Å²) in [6.07, 6.45) is 81.2. The van der Waals surface area contributed by atoms with Crippen LogP contribution in [0.1, 0.15) is 374 Å². The number of carbonyl (C=O) groups is 4. The molecule has 104 heavy (non-hydrogen) atoms. The lowest BCUT2D eigenvalue weighted by Crippen LogP contribution is -2.30. The third kappa shape index (κ3) is 76.4. The van der Waals surface area contributed by atoms with E-state index in [4.69, 9.17) is 37.0 Å². The van der Waals surface area contributed by atoms with E-state index in [0.717, 1.165) is 135 Å². The van der Waals surface area contributed by atoms with Crippen LogP contribution in [0.25, 0.3) is 0 Å². The maximum absolute atomic E-state index is 13.1. The van der Waals surface area contributed by atoms with E-state index >= 15 is 0 Å². The molecular formula is C85H152O17P2. The van der Waals surface area contributed by atoms with Crippen molar-refractivity contribution in [1.82, 2.24) is 0 Å². The number of aliphatic hydroxyl groups is 1. The highest BCUT2D eigenvalue weighted by molar-refractivity contribution is 7.47. The summed E-state index contributed by atoms with van der Waals surface area (Å²) in [5.74, 6) is -2.20. The lowest BCUT2D eigenvalue weighted by Gasteiger charge is -2.21. The highest BCUT2D eigenvalue weighted by Gasteiger charge is 2.30. The Labute approximate surface area is 634 Å². The summed E-state index contributed by atoms with van der Waals surface area (Å²) in [5, 5.41) is 10.7. The summed E-state index contributed by atoms with van der Waals surface area (Å²) in [5.41, 5.74) is 0. The first-order valence-electron chi connectivity index (χ1n) is 41.8. The average molecular weight is 1510 g/mol. The minimum atomic E-state index is -4.99. The van der Waals surface area contributed by atoms with Gasteiger partial charge < -0.3 is 33.8 Å². The quantitative estimate of drug-likeness (QED) is 0.0169. The molecule has 3 N–H and O–H groups in total. The molecule has 0 aliphatic rings. The Bertz CT molecular complexity index is 2300. The average Bonchev–Trinajstić information content (AvgIpc) is 0.999. The van der Waals surface area contributed by atoms with Crippen molar-refractivity contribution in [3.05, 3.63) is 85.1 Å². The number of unbranched alkanes of at least 4 members (excludes halogenated alkanes) is 39. The molecule has 0 rings (SSSR count). The number of esters is 4. The molecule has 5 atom stereocenters. The number of phosphoric acid groups is 2. The van der Waals surface area contributed by atoms with Crippen LogP contribution >= 0.6 is 15.6 Å². The fraction of sp³-hybridized carbons (Fsp3) is 0.788. The number of aliphatic hydroxyl groups excluding tert-OH is 1. The van der Waals surface area contributed by atoms with Crippen LogP contribution < -0.4 is 0 Å². The molecule has 0 spiro atoms. The number of allylic oxidation sites excluding steroid dienone is 14. The molecule has 0 aromatic heterocycles. The Morgan fingerprint density at radius 1 is 0.279 bits per heavy atom. The predicted octanol–water partition coefficient (Wildman–Crippen LogP) is 24.6. The number of ether oxygens (including phenoxy) is 4. The zero-order valence-electron chi connectivity index (χ0n) is 66.2. The summed E-state index contributed by atoms with van der Waals surface area (Å²) in [7, 11) is -9.97. The van der Waals surface area contributed by atoms with Crippen LogP contribution in [0.2, 0.25) is 0 Å². The van der Waals surface area contributed by atoms with Crippen molar-refractivity contribution in [3.8, 4) is 0 Å². The topological polar surface area (TPSA) is 237 Å². The van der Waals surface area contributed by atoms with Gasteiger partial charge in [-0.15, -0.1) is 0 Å². The van der Waals surface area contributed by atoms with E-state index in [2.05, 4.69) is 113 Å². The second-order valence-electron chi connectivity index (χ2n) is 28.1. The first-order chi connectivity index (χ1) is 50.7. The smallest absolute Gasteiger partial charge is 0.462 e. The minimum absolute atomic E-state index is 0.0410. The van der Waals surface area contributed by atoms with Gasteiger partial charge in [0.2, 0.25) is 0 Å². The van der Waals surface area contributed by atoms with E-state index in [0.29, 0.717) is 32.1 Å². The fourth-order valence-electron chi connectivity index (χ4n) is 11.5. The van der Waals surface area contributed by atoms with Crippen LogP contribution in [0.4, 0.5) is 0 Å². The van der Waals surface area contributed by atoms with Crippen molar-refractivity contribution in [2.24, 2.45) is 0 Å². The lowest BCUT2D eigenvalue weighted by molar-refractivity contribution is -0.161. The van der Waals surface area contributed by atoms with Gasteiger partial charge in [-0.3, -0.25) is 37.3 Å². The Morgan fingerprint density at radius 3 is 0.808 bits per heavy atom. The van der Waals surface area contributed by atoms with Crippen molar-refractivity contribution in [3.63, 3.8) is 0 Å². The predicted molar refractivity (Wildman–Crippen MR) is 427 cm³/mol. The monoisotopic (exact) mass is 1510 g/mol. The zero-order valence-corrected chi connectivity index (χ0v) is 68.0. The van der Waals surface area contributed by atoms with Gasteiger partial charge >= 0.3 is 39.5 Å². The Balaban J connectivity index is 5.36. The molecule has 0 bridgehead atoms. The van der Waals surface area contributed by atoms with Gasteiger partial charge in [-0.05, 0) is 103 Å². The minimum Gasteiger partial charge on any atom is -0.462 e. The van der Waals surface area contributed by atoms with Gasteiger partial charge in [-0.25, -0.2) is 9.13 Å². The SMILES string of the molecule is CC/C=C\C/C=C\C/C=C\C/C=C\CCCCC(=O)OC(COC(=O)CCCCCCCC/C=C\C/C=C\C/C=C\CCCCC)COP(=O)(O)OCC(O)COP(=O)(O)OCC(COC(=O)CCCCCCCCCCCCCCCCC)OC(=O)CCCCCCCCCCCCCCCCC. The summed E-state index contributed by atoms with van der Waals surface area (Å²) < 4.78 is 68.7. The van der Waals surface area contributed by atoms with Gasteiger partial charge in [0, 0.05) is 25.7 Å². The van der Waals surface area contributed by atoms with Crippen molar-refractivity contribution in [2.75, 3.05) is 39.6 Å². The normalized spacial score (nSPS) is 14.3. The van der Waals surface area contributed by atoms with Crippen molar-refractivity contribution < 1.29 is 80.2 Å². The molecule has 0 aromatic carbocycles. The second kappa shape index (κ2) is 77.4. The molecule has 0 aliphatic heterocycles. The number of phosphoric ester groups is 2. The van der Waals surface area contributed by atoms with Gasteiger partial charge in [-0.1, -0.05) is 331 Å². The number of hydrogen-bond acceptors (Lipinski definition) is 15. The second-order valence-corrected chi connectivity index (χ2v) is 31.0. The van der Waals surface area contributed by atoms with E-state index < -0.39 is 97.5 Å². The molecule has 0 aliphatic carbocycles. The Morgan fingerprint density at radius 2 is 0.500 bits per heavy atom. The fourth-order valence-corrected chi connectivity index (χ4v) is 13.1. The highest BCUT2D eigenvalue weighted by Crippen LogP contribution is 2.45. The van der Waals surface area contributed by atoms with Gasteiger partial charge in [0.15, 0.2) is 12.2 Å². The van der Waals surface area contributed by atoms with E-state index in [1.54, 1.807) is 0 Å². The van der Waals surface area contributed by atoms with Gasteiger partial charge in [-0.2, -0.15) is 0 Å². The third-order valence-electron chi connectivity index (χ3n) is 17.9. The van der Waals surface area contributed by atoms with Crippen LogP contribution in [-0.4, -0.2) is 96.7 Å². The van der Waals surface area contributed by atoms with Crippen molar-refractivity contribution >= 4 is 39.5 Å². The molecule has 0 aromatic rings. The standard InChI is InChI=1S/C85H152O17P2/c1-5-9-13-17-21-25-29-33-37-38-39-40-44-46-50-54-58-62-66-70-83(88)96-76-81(102-85(90)72-68-64-60-56-52-48-43-36-32-28-24-20-16-12-8-4)78-100-104(93,94)98-74-79(86)73-97-103(91,92)99-77-80(101-84(89)71-67-63-59-55-51-47-42-35-31-27-23-19-15-11-7-3)75-95-82(87)69-65-61-57-53-49-45-41-34-30-26-22-18-14-10-6-2/h12,16,21,24-25,28,33,36-37,39-40,43,52,56,79-81,86H,5-11,13-15,17-20,22-23,26-27,29-32,34-35,38,41-42,44-51,53-55,57-78H2,1-4H3,(H,91,92)(H,93,94)/b16-12-,25-21-,28-24-,37-33-,40-39-,43-36-,56-52-. The molecule has 0 saturated heterocycles. The van der Waals surface area contributed by atoms with Gasteiger partial charge in [0.1, 0.15) is 19.3 Å². The Kier molecular flexibility index (Phi) is 74.6. The number of carbonyl (C=O) groups excluding carboxylic acids is 4. The first kappa shape index (κ1) is 100. The molecule has 19 heteroatoms. The molecule has 17 nitrogen and oxygen atoms in total. The maximum Gasteiger partial charge on any atom is 0.472 e. The number of hydrogen-bond donors (Lipinski definition) is 3. The largest absolute Gasteiger partial charge is 0.472 e. The van der Waals surface area contributed by atoms with Crippen LogP contribution in [0.15, 0.2) is 85.1 Å². The molecule has 0 saturated carbocycles. The van der Waals surface area contributed by atoms with Crippen molar-refractivity contribution in [1.29, 1.82) is 0 Å². The van der Waals surface area contributed by atoms with E-state index in [9.17, 15) is 43.2 Å². The third-order valence-corrected chi connectivity index (χ3v) is 19.8. The molecule has 5 unspecified atom stereocenters. The highest BCUT2D eigenvalue weighted by atomic mass is 31.2. The maximum atomic E-state index is 13.1. The van der Waals surface area contributed by atoms with Crippen LogP contribution in [-0.2, 0) is 65.4 Å². The first-order valence-corrected chi connectivity index (χ1v) is 44.8. The van der Waals surface area contributed by atoms with Crippen LogP contribution in [0, 0.1) is 0 Å². The summed E-state index contributed by atoms with van der Waals surface area (Å²) in [6.45, 7) is 4.75. The van der Waals surface area contributed by atoms with Crippen LogP contribution in [0.5, 0.6) is 0 Å². The van der Waals surface area contributed by atoms with Crippen LogP contribution in [0.3, 0.4) is 0 Å². The summed E-state index contributed by atoms with van der Waals surface area (Å²) in [4.78, 5) is 73.1. The molecule has 0 radical (unpaired) electrons. The van der Waals surface area contributed by atoms with E-state index in [-0.39, 0.29) is 25.7 Å². The number of rotatable bonds is 79. The van der Waals surface area contributed by atoms with Crippen molar-refractivity contribution in [2.45, 2.75) is 393 Å². The van der Waals surface area contributed by atoms with Gasteiger partial charge in [0.25, 0.3) is 0 Å². The molecule has 0 fully saturated rings. The molecule has 0 amide bonds. The Hall–Kier alpha value is -3.76. The summed E-state index contributed by atoms with van der Waals surface area (Å²) in [6, 6.07) is 0. The molecular weight excluding hydrogens is 1350 g/mol. The van der Waals surface area contributed by atoms with E-state index in [1.165, 1.54) is 154 Å². The zero-order chi connectivity index (χ0) is 76.0. The lowest BCUT2D eigenvalue weighted by atomic mass is 10.0. The summed E-state index contributed by atoms with van der Waals surface area (Å²) >= 11 is 0. The molecule has 604 valence electrons. The molecule has 0 heterocycles. The van der Waals surface area contributed by atoms with E-state index in [1.807, 2.05) is 0 Å².